The minimum absolute atomic E-state index is 1.30. The van der Waals surface area contributed by atoms with Crippen LogP contribution in [-0.4, -0.2) is 0 Å². The van der Waals surface area contributed by atoms with Crippen LogP contribution in [0.4, 0.5) is 0 Å². The van der Waals surface area contributed by atoms with Gasteiger partial charge in [0, 0.05) is 0 Å². The van der Waals surface area contributed by atoms with Crippen LogP contribution in [0.15, 0.2) is 72.8 Å². The maximum Gasteiger partial charge on any atom is -0.00203 e. The van der Waals surface area contributed by atoms with Gasteiger partial charge >= 0.3 is 0 Å². The van der Waals surface area contributed by atoms with Gasteiger partial charge in [0.1, 0.15) is 0 Å². The molecule has 92 valence electrons. The van der Waals surface area contributed by atoms with Crippen molar-refractivity contribution in [1.82, 2.24) is 0 Å². The minimum Gasteiger partial charge on any atom is -0.0616 e. The highest BCUT2D eigenvalue weighted by atomic mass is 14.2. The first kappa shape index (κ1) is 10.2. The van der Waals surface area contributed by atoms with Crippen molar-refractivity contribution in [3.05, 3.63) is 72.8 Å². The summed E-state index contributed by atoms with van der Waals surface area (Å²) in [6, 6.07) is 26.5. The molecule has 5 rings (SSSR count). The molecule has 0 heteroatoms. The molecule has 0 spiro atoms. The first-order valence-electron chi connectivity index (χ1n) is 6.97. The number of fused-ring (bicyclic) bond motifs is 2. The van der Waals surface area contributed by atoms with Crippen molar-refractivity contribution in [2.75, 3.05) is 0 Å². The normalized spacial score (nSPS) is 12.0. The largest absolute Gasteiger partial charge is 0.0616 e. The smallest absolute Gasteiger partial charge is 0.00203 e. The first-order chi connectivity index (χ1) is 9.92. The second-order valence-electron chi connectivity index (χ2n) is 5.45. The predicted octanol–water partition coefficient (Wildman–Crippen LogP) is 5.69. The summed E-state index contributed by atoms with van der Waals surface area (Å²) in [6.07, 6.45) is 0. The Hall–Kier alpha value is -2.60. The van der Waals surface area contributed by atoms with E-state index in [0.29, 0.717) is 0 Å². The molecule has 0 radical (unpaired) electrons. The van der Waals surface area contributed by atoms with Gasteiger partial charge in [0.05, 0.1) is 0 Å². The molecule has 3 aromatic carbocycles. The summed E-state index contributed by atoms with van der Waals surface area (Å²) in [6.45, 7) is 0. The lowest BCUT2D eigenvalue weighted by atomic mass is 9.98. The van der Waals surface area contributed by atoms with Crippen molar-refractivity contribution in [3.8, 4) is 11.1 Å². The van der Waals surface area contributed by atoms with E-state index in [1.807, 2.05) is 0 Å². The second-order valence-corrected chi connectivity index (χ2v) is 5.45. The molecule has 2 aliphatic rings. The summed E-state index contributed by atoms with van der Waals surface area (Å²) in [5.41, 5.74) is 2.74. The van der Waals surface area contributed by atoms with Crippen LogP contribution < -0.4 is 0 Å². The second kappa shape index (κ2) is 3.49. The van der Waals surface area contributed by atoms with Gasteiger partial charge in [0.25, 0.3) is 0 Å². The molecule has 0 atom stereocenters. The van der Waals surface area contributed by atoms with Crippen LogP contribution in [0.25, 0.3) is 43.4 Å². The molecule has 3 aromatic rings. The quantitative estimate of drug-likeness (QED) is 0.332. The summed E-state index contributed by atoms with van der Waals surface area (Å²) < 4.78 is 0. The van der Waals surface area contributed by atoms with Gasteiger partial charge < -0.3 is 0 Å². The van der Waals surface area contributed by atoms with Crippen LogP contribution in [0, 0.1) is 0 Å². The van der Waals surface area contributed by atoms with E-state index in [-0.39, 0.29) is 0 Å². The molecule has 20 heavy (non-hydrogen) atoms. The van der Waals surface area contributed by atoms with Crippen molar-refractivity contribution >= 4 is 32.3 Å². The van der Waals surface area contributed by atoms with E-state index in [1.54, 1.807) is 0 Å². The third-order valence-electron chi connectivity index (χ3n) is 4.37. The summed E-state index contributed by atoms with van der Waals surface area (Å²) in [5.74, 6) is 0. The van der Waals surface area contributed by atoms with E-state index in [0.717, 1.165) is 0 Å². The Kier molecular flexibility index (Phi) is 1.78. The molecule has 0 aromatic heterocycles. The predicted molar refractivity (Wildman–Crippen MR) is 86.8 cm³/mol. The SMILES string of the molecule is c1ccc2c(c1)ccc1cc3cccc4ccc2c-1c43. The van der Waals surface area contributed by atoms with E-state index in [2.05, 4.69) is 72.8 Å². The van der Waals surface area contributed by atoms with Crippen LogP contribution in [-0.2, 0) is 0 Å². The summed E-state index contributed by atoms with van der Waals surface area (Å²) >= 11 is 0. The summed E-state index contributed by atoms with van der Waals surface area (Å²) in [5, 5.41) is 8.07. The molecule has 0 saturated heterocycles. The zero-order valence-corrected chi connectivity index (χ0v) is 10.9. The lowest BCUT2D eigenvalue weighted by Gasteiger charge is -2.05. The Morgan fingerprint density at radius 1 is 0.500 bits per heavy atom. The van der Waals surface area contributed by atoms with E-state index in [1.165, 1.54) is 43.4 Å². The third kappa shape index (κ3) is 1.16. The Morgan fingerprint density at radius 3 is 2.30 bits per heavy atom. The molecule has 0 unspecified atom stereocenters. The fourth-order valence-corrected chi connectivity index (χ4v) is 3.49. The average molecular weight is 252 g/mol. The van der Waals surface area contributed by atoms with Crippen molar-refractivity contribution in [2.24, 2.45) is 0 Å². The van der Waals surface area contributed by atoms with Gasteiger partial charge in [-0.1, -0.05) is 66.7 Å². The van der Waals surface area contributed by atoms with Gasteiger partial charge in [0.15, 0.2) is 0 Å². The third-order valence-corrected chi connectivity index (χ3v) is 4.37. The fraction of sp³-hybridized carbons (Fsp3) is 0. The summed E-state index contributed by atoms with van der Waals surface area (Å²) in [4.78, 5) is 0. The van der Waals surface area contributed by atoms with Crippen molar-refractivity contribution in [2.45, 2.75) is 0 Å². The molecule has 2 aliphatic carbocycles. The Morgan fingerprint density at radius 2 is 1.30 bits per heavy atom. The van der Waals surface area contributed by atoms with Gasteiger partial charge in [-0.2, -0.15) is 0 Å². The molecule has 0 N–H and O–H groups in total. The first-order valence-corrected chi connectivity index (χ1v) is 6.97. The number of hydrogen-bond acceptors (Lipinski definition) is 0. The van der Waals surface area contributed by atoms with Gasteiger partial charge in [-0.3, -0.25) is 0 Å². The molecule has 0 amide bonds. The average Bonchev–Trinajstić information content (AvgIpc) is 2.79. The van der Waals surface area contributed by atoms with E-state index >= 15 is 0 Å². The molecule has 0 aliphatic heterocycles. The monoisotopic (exact) mass is 252 g/mol. The topological polar surface area (TPSA) is 0 Å². The van der Waals surface area contributed by atoms with Gasteiger partial charge in [-0.25, -0.2) is 0 Å². The van der Waals surface area contributed by atoms with Gasteiger partial charge in [0.2, 0.25) is 0 Å². The van der Waals surface area contributed by atoms with Crippen LogP contribution in [0.2, 0.25) is 0 Å². The highest BCUT2D eigenvalue weighted by molar-refractivity contribution is 6.22. The van der Waals surface area contributed by atoms with Crippen molar-refractivity contribution < 1.29 is 0 Å². The molecule has 0 nitrogen and oxygen atoms in total. The highest BCUT2D eigenvalue weighted by Crippen LogP contribution is 2.42. The standard InChI is InChI=1S/C20H12/c1-2-7-17-13(4-1)8-9-16-12-15-6-3-5-14-10-11-18(17)20(16)19(14)15/h1-12H. The molecule has 0 heterocycles. The maximum absolute atomic E-state index is 2.31. The Bertz CT molecular complexity index is 1040. The lowest BCUT2D eigenvalue weighted by Crippen LogP contribution is -1.77. The maximum atomic E-state index is 2.31. The van der Waals surface area contributed by atoms with Crippen LogP contribution >= 0.6 is 0 Å². The van der Waals surface area contributed by atoms with Gasteiger partial charge in [-0.15, -0.1) is 0 Å². The van der Waals surface area contributed by atoms with Crippen LogP contribution in [0.3, 0.4) is 0 Å². The minimum atomic E-state index is 1.30. The molecule has 0 fully saturated rings. The molecule has 0 saturated carbocycles. The van der Waals surface area contributed by atoms with Crippen molar-refractivity contribution in [1.29, 1.82) is 0 Å². The molecular weight excluding hydrogens is 240 g/mol. The molecular formula is C20H12. The number of hydrogen-bond donors (Lipinski definition) is 0. The Labute approximate surface area is 116 Å². The van der Waals surface area contributed by atoms with E-state index < -0.39 is 0 Å². The number of benzene rings is 3. The van der Waals surface area contributed by atoms with Crippen LogP contribution in [0.5, 0.6) is 0 Å². The lowest BCUT2D eigenvalue weighted by molar-refractivity contribution is 1.82. The number of rotatable bonds is 0. The fourth-order valence-electron chi connectivity index (χ4n) is 3.49. The zero-order valence-electron chi connectivity index (χ0n) is 10.9. The summed E-state index contributed by atoms with van der Waals surface area (Å²) in [7, 11) is 0. The van der Waals surface area contributed by atoms with E-state index in [4.69, 9.17) is 0 Å². The highest BCUT2D eigenvalue weighted by Gasteiger charge is 2.15. The van der Waals surface area contributed by atoms with E-state index in [9.17, 15) is 0 Å². The Balaban J connectivity index is 2.19. The van der Waals surface area contributed by atoms with Crippen molar-refractivity contribution in [3.63, 3.8) is 0 Å². The molecule has 0 bridgehead atoms. The van der Waals surface area contributed by atoms with Crippen LogP contribution in [0.1, 0.15) is 0 Å². The zero-order chi connectivity index (χ0) is 13.1. The van der Waals surface area contributed by atoms with Gasteiger partial charge in [-0.05, 0) is 49.5 Å².